The van der Waals surface area contributed by atoms with Gasteiger partial charge in [-0.05, 0) is 49.6 Å². The smallest absolute Gasteiger partial charge is 0.263 e. The molecule has 1 amide bonds. The van der Waals surface area contributed by atoms with Crippen molar-refractivity contribution >= 4 is 17.2 Å². The number of carbonyl (C=O) groups excluding carboxylic acids is 1. The van der Waals surface area contributed by atoms with Crippen LogP contribution in [0.4, 0.5) is 0 Å². The first-order chi connectivity index (χ1) is 14.2. The van der Waals surface area contributed by atoms with Crippen LogP contribution in [0.3, 0.4) is 0 Å². The first-order valence-corrected chi connectivity index (χ1v) is 10.6. The van der Waals surface area contributed by atoms with Crippen LogP contribution < -0.4 is 14.8 Å². The Kier molecular flexibility index (Phi) is 6.05. The number of hydrogen-bond donors (Lipinski definition) is 1. The molecule has 0 radical (unpaired) electrons. The molecule has 4 rings (SSSR count). The van der Waals surface area contributed by atoms with Crippen LogP contribution in [0.5, 0.6) is 17.4 Å². The molecule has 1 saturated carbocycles. The Morgan fingerprint density at radius 3 is 2.72 bits per heavy atom. The van der Waals surface area contributed by atoms with E-state index >= 15 is 0 Å². The lowest BCUT2D eigenvalue weighted by molar-refractivity contribution is 0.0954. The molecule has 0 saturated heterocycles. The van der Waals surface area contributed by atoms with E-state index in [0.717, 1.165) is 22.7 Å². The summed E-state index contributed by atoms with van der Waals surface area (Å²) in [5.41, 5.74) is 0.805. The minimum Gasteiger partial charge on any atom is -0.494 e. The number of carbonyl (C=O) groups is 1. The Balaban J connectivity index is 1.37. The topological polar surface area (TPSA) is 73.3 Å². The lowest BCUT2D eigenvalue weighted by Crippen LogP contribution is -2.22. The molecule has 1 fully saturated rings. The van der Waals surface area contributed by atoms with Crippen molar-refractivity contribution in [2.24, 2.45) is 0 Å². The SMILES string of the molecule is CCCOc1ccc(Oc2ncccc2CNC(=O)c2cnc(C3CC3)s2)cc1. The molecule has 150 valence electrons. The predicted molar refractivity (Wildman–Crippen MR) is 112 cm³/mol. The summed E-state index contributed by atoms with van der Waals surface area (Å²) in [6.07, 6.45) is 6.65. The number of pyridine rings is 1. The van der Waals surface area contributed by atoms with E-state index in [1.807, 2.05) is 36.4 Å². The van der Waals surface area contributed by atoms with Gasteiger partial charge < -0.3 is 14.8 Å². The third kappa shape index (κ3) is 5.12. The lowest BCUT2D eigenvalue weighted by atomic mass is 10.2. The van der Waals surface area contributed by atoms with E-state index in [1.54, 1.807) is 12.4 Å². The molecule has 0 bridgehead atoms. The zero-order chi connectivity index (χ0) is 20.1. The monoisotopic (exact) mass is 409 g/mol. The largest absolute Gasteiger partial charge is 0.494 e. The molecule has 3 aromatic rings. The molecule has 0 atom stereocenters. The van der Waals surface area contributed by atoms with E-state index < -0.39 is 0 Å². The van der Waals surface area contributed by atoms with Gasteiger partial charge in [-0.3, -0.25) is 4.79 Å². The van der Waals surface area contributed by atoms with Crippen molar-refractivity contribution in [3.05, 3.63) is 64.2 Å². The number of ether oxygens (including phenoxy) is 2. The number of nitrogens with zero attached hydrogens (tertiary/aromatic N) is 2. The van der Waals surface area contributed by atoms with Crippen LogP contribution in [0, 0.1) is 0 Å². The lowest BCUT2D eigenvalue weighted by Gasteiger charge is -2.11. The molecule has 1 N–H and O–H groups in total. The molecule has 29 heavy (non-hydrogen) atoms. The Bertz CT molecular complexity index is 967. The van der Waals surface area contributed by atoms with E-state index in [0.29, 0.717) is 35.6 Å². The van der Waals surface area contributed by atoms with Crippen LogP contribution in [0.2, 0.25) is 0 Å². The van der Waals surface area contributed by atoms with Crippen LogP contribution in [0.15, 0.2) is 48.8 Å². The molecule has 6 nitrogen and oxygen atoms in total. The number of nitrogens with one attached hydrogen (secondary N) is 1. The van der Waals surface area contributed by atoms with Crippen molar-refractivity contribution < 1.29 is 14.3 Å². The third-order valence-corrected chi connectivity index (χ3v) is 5.63. The summed E-state index contributed by atoms with van der Waals surface area (Å²) in [7, 11) is 0. The number of aromatic nitrogens is 2. The second kappa shape index (κ2) is 9.05. The van der Waals surface area contributed by atoms with Gasteiger partial charge in [0, 0.05) is 24.2 Å². The van der Waals surface area contributed by atoms with Crippen LogP contribution in [0.1, 0.15) is 52.3 Å². The molecule has 7 heteroatoms. The molecule has 1 aliphatic rings. The fourth-order valence-corrected chi connectivity index (χ4v) is 3.76. The minimum atomic E-state index is -0.123. The molecule has 0 unspecified atom stereocenters. The van der Waals surface area contributed by atoms with Crippen molar-refractivity contribution in [3.8, 4) is 17.4 Å². The molecular weight excluding hydrogens is 386 g/mol. The van der Waals surface area contributed by atoms with Gasteiger partial charge in [-0.2, -0.15) is 0 Å². The Morgan fingerprint density at radius 2 is 1.97 bits per heavy atom. The second-order valence-corrected chi connectivity index (χ2v) is 7.97. The average molecular weight is 410 g/mol. The maximum absolute atomic E-state index is 12.5. The van der Waals surface area contributed by atoms with Crippen LogP contribution in [0.25, 0.3) is 0 Å². The summed E-state index contributed by atoms with van der Waals surface area (Å²) in [4.78, 5) is 21.8. The fraction of sp³-hybridized carbons (Fsp3) is 0.318. The van der Waals surface area contributed by atoms with E-state index in [1.165, 1.54) is 24.2 Å². The molecule has 2 heterocycles. The van der Waals surface area contributed by atoms with Crippen molar-refractivity contribution in [1.82, 2.24) is 15.3 Å². The highest BCUT2D eigenvalue weighted by molar-refractivity contribution is 7.13. The third-order valence-electron chi connectivity index (χ3n) is 4.47. The highest BCUT2D eigenvalue weighted by Crippen LogP contribution is 2.41. The van der Waals surface area contributed by atoms with Gasteiger partial charge in [-0.1, -0.05) is 13.0 Å². The Hall–Kier alpha value is -2.93. The Morgan fingerprint density at radius 1 is 1.17 bits per heavy atom. The summed E-state index contributed by atoms with van der Waals surface area (Å²) in [6.45, 7) is 3.09. The van der Waals surface area contributed by atoms with Gasteiger partial charge in [0.05, 0.1) is 17.8 Å². The van der Waals surface area contributed by atoms with Crippen molar-refractivity contribution in [1.29, 1.82) is 0 Å². The Labute approximate surface area is 173 Å². The standard InChI is InChI=1S/C22H23N3O3S/c1-2-12-27-17-7-9-18(10-8-17)28-21-16(4-3-11-23-21)13-24-20(26)19-14-25-22(29-19)15-5-6-15/h3-4,7-11,14-15H,2,5-6,12-13H2,1H3,(H,24,26). The van der Waals surface area contributed by atoms with E-state index in [-0.39, 0.29) is 5.91 Å². The van der Waals surface area contributed by atoms with Gasteiger partial charge in [0.25, 0.3) is 5.91 Å². The zero-order valence-corrected chi connectivity index (χ0v) is 17.1. The molecule has 0 spiro atoms. The van der Waals surface area contributed by atoms with Gasteiger partial charge in [-0.25, -0.2) is 9.97 Å². The van der Waals surface area contributed by atoms with Crippen molar-refractivity contribution in [3.63, 3.8) is 0 Å². The van der Waals surface area contributed by atoms with E-state index in [2.05, 4.69) is 22.2 Å². The normalized spacial score (nSPS) is 13.1. The number of thiazole rings is 1. The molecule has 2 aromatic heterocycles. The van der Waals surface area contributed by atoms with E-state index in [9.17, 15) is 4.79 Å². The number of amides is 1. The highest BCUT2D eigenvalue weighted by atomic mass is 32.1. The summed E-state index contributed by atoms with van der Waals surface area (Å²) in [5.74, 6) is 2.37. The van der Waals surface area contributed by atoms with Crippen molar-refractivity contribution in [2.45, 2.75) is 38.6 Å². The summed E-state index contributed by atoms with van der Waals surface area (Å²) in [5, 5.41) is 4.00. The zero-order valence-electron chi connectivity index (χ0n) is 16.3. The van der Waals surface area contributed by atoms with Gasteiger partial charge in [0.2, 0.25) is 5.88 Å². The molecule has 1 aromatic carbocycles. The first-order valence-electron chi connectivity index (χ1n) is 9.81. The van der Waals surface area contributed by atoms with Gasteiger partial charge in [-0.15, -0.1) is 11.3 Å². The summed E-state index contributed by atoms with van der Waals surface area (Å²) >= 11 is 1.48. The number of hydrogen-bond acceptors (Lipinski definition) is 6. The van der Waals surface area contributed by atoms with Gasteiger partial charge in [0.15, 0.2) is 0 Å². The van der Waals surface area contributed by atoms with Crippen LogP contribution in [-0.4, -0.2) is 22.5 Å². The average Bonchev–Trinajstić information content (AvgIpc) is 3.49. The second-order valence-electron chi connectivity index (χ2n) is 6.91. The van der Waals surface area contributed by atoms with Gasteiger partial charge >= 0.3 is 0 Å². The van der Waals surface area contributed by atoms with Gasteiger partial charge in [0.1, 0.15) is 16.4 Å². The van der Waals surface area contributed by atoms with E-state index in [4.69, 9.17) is 9.47 Å². The molecular formula is C22H23N3O3S. The summed E-state index contributed by atoms with van der Waals surface area (Å²) in [6, 6.07) is 11.2. The molecule has 1 aliphatic carbocycles. The highest BCUT2D eigenvalue weighted by Gasteiger charge is 2.27. The fourth-order valence-electron chi connectivity index (χ4n) is 2.76. The predicted octanol–water partition coefficient (Wildman–Crippen LogP) is 4.93. The minimum absolute atomic E-state index is 0.123. The maximum atomic E-state index is 12.5. The van der Waals surface area contributed by atoms with Crippen LogP contribution in [-0.2, 0) is 6.54 Å². The van der Waals surface area contributed by atoms with Crippen molar-refractivity contribution in [2.75, 3.05) is 6.61 Å². The number of benzene rings is 1. The maximum Gasteiger partial charge on any atom is 0.263 e. The first kappa shape index (κ1) is 19.4. The van der Waals surface area contributed by atoms with Crippen LogP contribution >= 0.6 is 11.3 Å². The molecule has 0 aliphatic heterocycles. The quantitative estimate of drug-likeness (QED) is 0.543. The number of rotatable bonds is 9. The summed E-state index contributed by atoms with van der Waals surface area (Å²) < 4.78 is 11.5.